The molecule has 0 fully saturated rings. The van der Waals surface area contributed by atoms with E-state index in [2.05, 4.69) is 10.6 Å². The predicted molar refractivity (Wildman–Crippen MR) is 120 cm³/mol. The van der Waals surface area contributed by atoms with E-state index in [1.165, 1.54) is 12.1 Å². The molecule has 3 rings (SSSR count). The van der Waals surface area contributed by atoms with Gasteiger partial charge in [0, 0.05) is 0 Å². The highest BCUT2D eigenvalue weighted by molar-refractivity contribution is 6.44. The molecular weight excluding hydrogens is 474 g/mol. The zero-order valence-corrected chi connectivity index (χ0v) is 17.9. The number of nitrogens with one attached hydrogen (secondary N) is 2. The predicted octanol–water partition coefficient (Wildman–Crippen LogP) is 7.18. The van der Waals surface area contributed by atoms with Crippen LogP contribution in [0.25, 0.3) is 0 Å². The second-order valence-corrected chi connectivity index (χ2v) is 7.58. The molecular formula is C20H12Cl4N2O4. The lowest BCUT2D eigenvalue weighted by Gasteiger charge is -2.17. The summed E-state index contributed by atoms with van der Waals surface area (Å²) in [5.41, 5.74) is 0.287. The summed E-state index contributed by atoms with van der Waals surface area (Å²) in [6.07, 6.45) is 0. The fraction of sp³-hybridized carbons (Fsp3) is 0. The number of hydrogen-bond acceptors (Lipinski definition) is 4. The molecule has 0 saturated heterocycles. The van der Waals surface area contributed by atoms with Crippen molar-refractivity contribution in [1.82, 2.24) is 0 Å². The summed E-state index contributed by atoms with van der Waals surface area (Å²) in [4.78, 5) is 23.7. The van der Waals surface area contributed by atoms with Crippen molar-refractivity contribution in [2.75, 3.05) is 10.6 Å². The summed E-state index contributed by atoms with van der Waals surface area (Å²) in [6, 6.07) is 11.9. The number of carboxylic acids is 2. The zero-order chi connectivity index (χ0) is 22.0. The number of halogens is 4. The number of hydrogen-bond donors (Lipinski definition) is 4. The average Bonchev–Trinajstić information content (AvgIpc) is 2.69. The summed E-state index contributed by atoms with van der Waals surface area (Å²) in [5.74, 6) is -2.57. The standard InChI is InChI=1S/C20H12Cl4N2O4/c21-11-3-1-5-13(17(11)23)25-15-7-10(20(29)30)16(8-9(15)19(27)28)26-14-6-2-4-12(22)18(14)24/h1-8,25-26H,(H,27,28)(H,29,30). The maximum absolute atomic E-state index is 11.8. The molecule has 6 nitrogen and oxygen atoms in total. The van der Waals surface area contributed by atoms with Gasteiger partial charge in [-0.2, -0.15) is 0 Å². The first-order chi connectivity index (χ1) is 14.2. The molecule has 30 heavy (non-hydrogen) atoms. The van der Waals surface area contributed by atoms with Gasteiger partial charge in [-0.1, -0.05) is 58.5 Å². The highest BCUT2D eigenvalue weighted by Crippen LogP contribution is 2.37. The number of benzene rings is 3. The van der Waals surface area contributed by atoms with Crippen LogP contribution in [0.4, 0.5) is 22.7 Å². The summed E-state index contributed by atoms with van der Waals surface area (Å²) < 4.78 is 0. The number of carbonyl (C=O) groups is 2. The van der Waals surface area contributed by atoms with E-state index in [4.69, 9.17) is 46.4 Å². The lowest BCUT2D eigenvalue weighted by Crippen LogP contribution is -2.09. The van der Waals surface area contributed by atoms with E-state index in [-0.39, 0.29) is 42.6 Å². The monoisotopic (exact) mass is 484 g/mol. The molecule has 10 heteroatoms. The van der Waals surface area contributed by atoms with Gasteiger partial charge in [-0.25, -0.2) is 9.59 Å². The quantitative estimate of drug-likeness (QED) is 0.295. The molecule has 0 aliphatic carbocycles. The van der Waals surface area contributed by atoms with Crippen LogP contribution in [0.15, 0.2) is 48.5 Å². The second kappa shape index (κ2) is 9.02. The highest BCUT2D eigenvalue weighted by atomic mass is 35.5. The van der Waals surface area contributed by atoms with Crippen molar-refractivity contribution in [1.29, 1.82) is 0 Å². The molecule has 0 amide bonds. The van der Waals surface area contributed by atoms with Gasteiger partial charge < -0.3 is 20.8 Å². The number of aromatic carboxylic acids is 2. The van der Waals surface area contributed by atoms with Gasteiger partial charge in [-0.15, -0.1) is 0 Å². The number of rotatable bonds is 6. The Hall–Kier alpha value is -2.64. The molecule has 0 heterocycles. The van der Waals surface area contributed by atoms with Crippen LogP contribution in [-0.4, -0.2) is 22.2 Å². The maximum Gasteiger partial charge on any atom is 0.337 e. The summed E-state index contributed by atoms with van der Waals surface area (Å²) in [5, 5.41) is 25.8. The van der Waals surface area contributed by atoms with E-state index in [0.29, 0.717) is 11.4 Å². The third-order valence-corrected chi connectivity index (χ3v) is 5.70. The smallest absolute Gasteiger partial charge is 0.337 e. The Morgan fingerprint density at radius 2 is 1.00 bits per heavy atom. The minimum atomic E-state index is -1.28. The van der Waals surface area contributed by atoms with Crippen LogP contribution >= 0.6 is 46.4 Å². The van der Waals surface area contributed by atoms with Crippen molar-refractivity contribution in [3.63, 3.8) is 0 Å². The molecule has 0 aliphatic rings. The average molecular weight is 486 g/mol. The van der Waals surface area contributed by atoms with Crippen LogP contribution in [0.3, 0.4) is 0 Å². The van der Waals surface area contributed by atoms with Gasteiger partial charge in [0.25, 0.3) is 0 Å². The zero-order valence-electron chi connectivity index (χ0n) is 14.8. The van der Waals surface area contributed by atoms with Crippen molar-refractivity contribution in [3.8, 4) is 0 Å². The SMILES string of the molecule is O=C(O)c1cc(Nc2cccc(Cl)c2Cl)c(C(=O)O)cc1Nc1cccc(Cl)c1Cl. The Labute approximate surface area is 190 Å². The van der Waals surface area contributed by atoms with Gasteiger partial charge in [0.05, 0.1) is 54.0 Å². The Balaban J connectivity index is 2.12. The Morgan fingerprint density at radius 3 is 1.33 bits per heavy atom. The summed E-state index contributed by atoms with van der Waals surface area (Å²) in [7, 11) is 0. The highest BCUT2D eigenvalue weighted by Gasteiger charge is 2.20. The normalized spacial score (nSPS) is 10.5. The largest absolute Gasteiger partial charge is 0.478 e. The van der Waals surface area contributed by atoms with Gasteiger partial charge in [-0.3, -0.25) is 0 Å². The van der Waals surface area contributed by atoms with E-state index in [9.17, 15) is 19.8 Å². The topological polar surface area (TPSA) is 98.7 Å². The lowest BCUT2D eigenvalue weighted by molar-refractivity contribution is 0.0683. The summed E-state index contributed by atoms with van der Waals surface area (Å²) in [6.45, 7) is 0. The van der Waals surface area contributed by atoms with Crippen molar-refractivity contribution >= 4 is 81.1 Å². The van der Waals surface area contributed by atoms with E-state index in [1.54, 1.807) is 36.4 Å². The lowest BCUT2D eigenvalue weighted by atomic mass is 10.0. The van der Waals surface area contributed by atoms with Crippen LogP contribution in [0.5, 0.6) is 0 Å². The van der Waals surface area contributed by atoms with Gasteiger partial charge in [-0.05, 0) is 36.4 Å². The first-order valence-electron chi connectivity index (χ1n) is 8.25. The van der Waals surface area contributed by atoms with E-state index < -0.39 is 11.9 Å². The number of carboxylic acid groups (broad SMARTS) is 2. The molecule has 0 aromatic heterocycles. The molecule has 3 aromatic carbocycles. The first kappa shape index (κ1) is 22.1. The molecule has 0 unspecified atom stereocenters. The van der Waals surface area contributed by atoms with E-state index in [1.807, 2.05) is 0 Å². The molecule has 0 saturated carbocycles. The third kappa shape index (κ3) is 4.57. The minimum absolute atomic E-state index is 0.0202. The van der Waals surface area contributed by atoms with Crippen LogP contribution < -0.4 is 10.6 Å². The molecule has 0 atom stereocenters. The Kier molecular flexibility index (Phi) is 6.63. The first-order valence-corrected chi connectivity index (χ1v) is 9.77. The fourth-order valence-corrected chi connectivity index (χ4v) is 3.35. The molecule has 3 aromatic rings. The van der Waals surface area contributed by atoms with Crippen molar-refractivity contribution < 1.29 is 19.8 Å². The van der Waals surface area contributed by atoms with Gasteiger partial charge in [0.2, 0.25) is 0 Å². The molecule has 154 valence electrons. The van der Waals surface area contributed by atoms with Crippen LogP contribution in [-0.2, 0) is 0 Å². The summed E-state index contributed by atoms with van der Waals surface area (Å²) >= 11 is 24.3. The van der Waals surface area contributed by atoms with E-state index >= 15 is 0 Å². The van der Waals surface area contributed by atoms with Crippen molar-refractivity contribution in [3.05, 3.63) is 79.7 Å². The minimum Gasteiger partial charge on any atom is -0.478 e. The third-order valence-electron chi connectivity index (χ3n) is 4.06. The van der Waals surface area contributed by atoms with E-state index in [0.717, 1.165) is 0 Å². The van der Waals surface area contributed by atoms with Gasteiger partial charge in [0.1, 0.15) is 0 Å². The van der Waals surface area contributed by atoms with Crippen LogP contribution in [0.1, 0.15) is 20.7 Å². The Bertz CT molecular complexity index is 1080. The molecule has 0 bridgehead atoms. The van der Waals surface area contributed by atoms with Gasteiger partial charge in [0.15, 0.2) is 0 Å². The van der Waals surface area contributed by atoms with Crippen molar-refractivity contribution in [2.24, 2.45) is 0 Å². The molecule has 0 aliphatic heterocycles. The van der Waals surface area contributed by atoms with Crippen molar-refractivity contribution in [2.45, 2.75) is 0 Å². The molecule has 4 N–H and O–H groups in total. The number of anilines is 4. The maximum atomic E-state index is 11.8. The van der Waals surface area contributed by atoms with Crippen LogP contribution in [0.2, 0.25) is 20.1 Å². The molecule has 0 radical (unpaired) electrons. The Morgan fingerprint density at radius 1 is 0.633 bits per heavy atom. The fourth-order valence-electron chi connectivity index (χ4n) is 2.65. The molecule has 0 spiro atoms. The van der Waals surface area contributed by atoms with Crippen LogP contribution in [0, 0.1) is 0 Å². The van der Waals surface area contributed by atoms with Gasteiger partial charge >= 0.3 is 11.9 Å². The second-order valence-electron chi connectivity index (χ2n) is 6.01.